The summed E-state index contributed by atoms with van der Waals surface area (Å²) in [5.41, 5.74) is 2.12. The van der Waals surface area contributed by atoms with E-state index in [2.05, 4.69) is 10.5 Å². The maximum Gasteiger partial charge on any atom is 0.311 e. The summed E-state index contributed by atoms with van der Waals surface area (Å²) < 4.78 is 5.22. The van der Waals surface area contributed by atoms with E-state index in [0.29, 0.717) is 16.3 Å². The van der Waals surface area contributed by atoms with Crippen LogP contribution in [0.5, 0.6) is 11.5 Å². The molecule has 1 amide bonds. The van der Waals surface area contributed by atoms with Gasteiger partial charge in [0.05, 0.1) is 11.1 Å². The Hall–Kier alpha value is -3.13. The molecule has 0 spiro atoms. The third kappa shape index (κ3) is 4.96. The van der Waals surface area contributed by atoms with Crippen LogP contribution in [0, 0.1) is 10.1 Å². The first-order chi connectivity index (χ1) is 11.5. The fourth-order valence-corrected chi connectivity index (χ4v) is 1.78. The molecule has 0 saturated carbocycles. The molecule has 0 aliphatic carbocycles. The standard InChI is InChI=1S/C15H12ClN3O5/c16-11-2-4-12(5-3-11)24-9-15(21)18-17-8-10-1-6-14(20)13(7-10)19(22)23/h1-8,20H,9H2,(H,18,21)/b17-8+. The molecule has 0 aliphatic rings. The number of rotatable bonds is 6. The predicted molar refractivity (Wildman–Crippen MR) is 87.4 cm³/mol. The van der Waals surface area contributed by atoms with Crippen molar-refractivity contribution in [2.45, 2.75) is 0 Å². The zero-order chi connectivity index (χ0) is 17.5. The van der Waals surface area contributed by atoms with Crippen LogP contribution in [0.3, 0.4) is 0 Å². The molecular formula is C15H12ClN3O5. The van der Waals surface area contributed by atoms with Crippen molar-refractivity contribution in [2.24, 2.45) is 5.10 Å². The van der Waals surface area contributed by atoms with E-state index in [4.69, 9.17) is 16.3 Å². The fraction of sp³-hybridized carbons (Fsp3) is 0.0667. The Balaban J connectivity index is 1.87. The van der Waals surface area contributed by atoms with E-state index in [9.17, 15) is 20.0 Å². The van der Waals surface area contributed by atoms with E-state index in [0.717, 1.165) is 6.07 Å². The summed E-state index contributed by atoms with van der Waals surface area (Å²) in [6.07, 6.45) is 1.21. The number of phenols is 1. The lowest BCUT2D eigenvalue weighted by atomic mass is 10.2. The number of benzene rings is 2. The van der Waals surface area contributed by atoms with Gasteiger partial charge in [-0.2, -0.15) is 5.10 Å². The van der Waals surface area contributed by atoms with Gasteiger partial charge in [-0.3, -0.25) is 14.9 Å². The molecule has 0 heterocycles. The van der Waals surface area contributed by atoms with Gasteiger partial charge in [0.25, 0.3) is 5.91 Å². The topological polar surface area (TPSA) is 114 Å². The molecule has 0 fully saturated rings. The van der Waals surface area contributed by atoms with Gasteiger partial charge in [-0.15, -0.1) is 0 Å². The van der Waals surface area contributed by atoms with Crippen molar-refractivity contribution in [1.82, 2.24) is 5.43 Å². The summed E-state index contributed by atoms with van der Waals surface area (Å²) in [5, 5.41) is 24.3. The normalized spacial score (nSPS) is 10.5. The molecule has 0 radical (unpaired) electrons. The molecule has 24 heavy (non-hydrogen) atoms. The van der Waals surface area contributed by atoms with Gasteiger partial charge < -0.3 is 9.84 Å². The quantitative estimate of drug-likeness (QED) is 0.472. The maximum absolute atomic E-state index is 11.6. The molecule has 2 N–H and O–H groups in total. The van der Waals surface area contributed by atoms with Crippen LogP contribution in [0.15, 0.2) is 47.6 Å². The van der Waals surface area contributed by atoms with Gasteiger partial charge in [0.2, 0.25) is 0 Å². The summed E-state index contributed by atoms with van der Waals surface area (Å²) in [6, 6.07) is 10.2. The summed E-state index contributed by atoms with van der Waals surface area (Å²) in [6.45, 7) is -0.255. The smallest absolute Gasteiger partial charge is 0.311 e. The molecule has 0 unspecified atom stereocenters. The number of nitrogens with zero attached hydrogens (tertiary/aromatic N) is 2. The van der Waals surface area contributed by atoms with Gasteiger partial charge >= 0.3 is 5.69 Å². The lowest BCUT2D eigenvalue weighted by molar-refractivity contribution is -0.385. The van der Waals surface area contributed by atoms with Crippen molar-refractivity contribution in [1.29, 1.82) is 0 Å². The van der Waals surface area contributed by atoms with Crippen molar-refractivity contribution >= 4 is 29.4 Å². The molecule has 0 aromatic heterocycles. The Labute approximate surface area is 141 Å². The number of nitrogens with one attached hydrogen (secondary N) is 1. The summed E-state index contributed by atoms with van der Waals surface area (Å²) >= 11 is 5.73. The minimum absolute atomic E-state index is 0.255. The second kappa shape index (κ2) is 7.93. The number of carbonyl (C=O) groups is 1. The highest BCUT2D eigenvalue weighted by Gasteiger charge is 2.12. The Morgan fingerprint density at radius 3 is 2.71 bits per heavy atom. The summed E-state index contributed by atoms with van der Waals surface area (Å²) in [7, 11) is 0. The average Bonchev–Trinajstić information content (AvgIpc) is 2.55. The van der Waals surface area contributed by atoms with Crippen molar-refractivity contribution in [3.05, 3.63) is 63.2 Å². The average molecular weight is 350 g/mol. The van der Waals surface area contributed by atoms with E-state index in [-0.39, 0.29) is 6.61 Å². The van der Waals surface area contributed by atoms with Gasteiger partial charge in [-0.05, 0) is 36.4 Å². The van der Waals surface area contributed by atoms with Crippen LogP contribution in [-0.4, -0.2) is 28.8 Å². The van der Waals surface area contributed by atoms with E-state index >= 15 is 0 Å². The third-order valence-corrected chi connectivity index (χ3v) is 3.03. The van der Waals surface area contributed by atoms with Crippen LogP contribution in [0.2, 0.25) is 5.02 Å². The first kappa shape index (κ1) is 17.2. The highest BCUT2D eigenvalue weighted by molar-refractivity contribution is 6.30. The van der Waals surface area contributed by atoms with Crippen molar-refractivity contribution < 1.29 is 19.6 Å². The maximum atomic E-state index is 11.6. The number of amides is 1. The highest BCUT2D eigenvalue weighted by atomic mass is 35.5. The lowest BCUT2D eigenvalue weighted by Gasteiger charge is -2.04. The van der Waals surface area contributed by atoms with Crippen molar-refractivity contribution in [2.75, 3.05) is 6.61 Å². The molecule has 0 atom stereocenters. The van der Waals surface area contributed by atoms with Gasteiger partial charge in [-0.25, -0.2) is 5.43 Å². The zero-order valence-corrected chi connectivity index (χ0v) is 12.9. The Bertz CT molecular complexity index is 777. The molecule has 2 aromatic carbocycles. The first-order valence-corrected chi connectivity index (χ1v) is 7.01. The Morgan fingerprint density at radius 2 is 2.04 bits per heavy atom. The summed E-state index contributed by atoms with van der Waals surface area (Å²) in [5.74, 6) is -0.472. The van der Waals surface area contributed by atoms with E-state index in [1.807, 2.05) is 0 Å². The number of nitro groups is 1. The molecule has 124 valence electrons. The van der Waals surface area contributed by atoms with Crippen molar-refractivity contribution in [3.63, 3.8) is 0 Å². The van der Waals surface area contributed by atoms with Gasteiger partial charge in [0.1, 0.15) is 5.75 Å². The minimum Gasteiger partial charge on any atom is -0.502 e. The number of phenolic OH excluding ortho intramolecular Hbond substituents is 1. The van der Waals surface area contributed by atoms with E-state index in [1.165, 1.54) is 18.3 Å². The van der Waals surface area contributed by atoms with Gasteiger partial charge in [0, 0.05) is 16.7 Å². The van der Waals surface area contributed by atoms with Crippen LogP contribution < -0.4 is 10.2 Å². The van der Waals surface area contributed by atoms with Crippen molar-refractivity contribution in [3.8, 4) is 11.5 Å². The van der Waals surface area contributed by atoms with Crippen LogP contribution in [0.1, 0.15) is 5.56 Å². The predicted octanol–water partition coefficient (Wildman–Crippen LogP) is 2.48. The number of ether oxygens (including phenoxy) is 1. The number of hydrogen-bond donors (Lipinski definition) is 2. The zero-order valence-electron chi connectivity index (χ0n) is 12.2. The molecule has 8 nitrogen and oxygen atoms in total. The number of hydrazone groups is 1. The third-order valence-electron chi connectivity index (χ3n) is 2.78. The van der Waals surface area contributed by atoms with Gasteiger partial charge in [-0.1, -0.05) is 11.6 Å². The van der Waals surface area contributed by atoms with Crippen LogP contribution in [0.4, 0.5) is 5.69 Å². The largest absolute Gasteiger partial charge is 0.502 e. The molecular weight excluding hydrogens is 338 g/mol. The molecule has 9 heteroatoms. The SMILES string of the molecule is O=C(COc1ccc(Cl)cc1)N/N=C/c1ccc(O)c([N+](=O)[O-])c1. The minimum atomic E-state index is -0.717. The number of halogens is 1. The first-order valence-electron chi connectivity index (χ1n) is 6.63. The fourth-order valence-electron chi connectivity index (χ4n) is 1.66. The Kier molecular flexibility index (Phi) is 5.69. The molecule has 2 rings (SSSR count). The van der Waals surface area contributed by atoms with Crippen LogP contribution >= 0.6 is 11.6 Å². The van der Waals surface area contributed by atoms with E-state index in [1.54, 1.807) is 24.3 Å². The second-order valence-electron chi connectivity index (χ2n) is 4.54. The van der Waals surface area contributed by atoms with E-state index < -0.39 is 22.3 Å². The number of carbonyl (C=O) groups excluding carboxylic acids is 1. The number of aromatic hydroxyl groups is 1. The monoisotopic (exact) mass is 349 g/mol. The van der Waals surface area contributed by atoms with Gasteiger partial charge in [0.15, 0.2) is 12.4 Å². The summed E-state index contributed by atoms with van der Waals surface area (Å²) in [4.78, 5) is 21.6. The molecule has 0 bridgehead atoms. The molecule has 0 aliphatic heterocycles. The lowest BCUT2D eigenvalue weighted by Crippen LogP contribution is -2.24. The highest BCUT2D eigenvalue weighted by Crippen LogP contribution is 2.25. The van der Waals surface area contributed by atoms with Crippen LogP contribution in [-0.2, 0) is 4.79 Å². The molecule has 2 aromatic rings. The Morgan fingerprint density at radius 1 is 1.33 bits per heavy atom. The number of nitro benzene ring substituents is 1. The second-order valence-corrected chi connectivity index (χ2v) is 4.98. The number of hydrogen-bond acceptors (Lipinski definition) is 6. The van der Waals surface area contributed by atoms with Crippen LogP contribution in [0.25, 0.3) is 0 Å². The molecule has 0 saturated heterocycles.